The number of rotatable bonds is 7. The van der Waals surface area contributed by atoms with E-state index in [1.807, 2.05) is 13.0 Å². The number of nitrogens with zero attached hydrogens (tertiary/aromatic N) is 3. The van der Waals surface area contributed by atoms with Gasteiger partial charge in [-0.1, -0.05) is 18.2 Å². The van der Waals surface area contributed by atoms with Gasteiger partial charge in [0, 0.05) is 18.1 Å². The monoisotopic (exact) mass is 516 g/mol. The van der Waals surface area contributed by atoms with Crippen LogP contribution in [0.1, 0.15) is 44.4 Å². The number of aromatic nitrogens is 3. The Kier molecular flexibility index (Phi) is 7.02. The number of benzene rings is 2. The van der Waals surface area contributed by atoms with Gasteiger partial charge in [0.1, 0.15) is 22.9 Å². The van der Waals surface area contributed by atoms with Crippen molar-refractivity contribution in [3.8, 4) is 10.4 Å². The normalized spacial score (nSPS) is 13.3. The van der Waals surface area contributed by atoms with Gasteiger partial charge in [-0.2, -0.15) is 13.2 Å². The van der Waals surface area contributed by atoms with Crippen molar-refractivity contribution >= 4 is 28.9 Å². The van der Waals surface area contributed by atoms with Crippen LogP contribution < -0.4 is 5.32 Å². The molecule has 2 atom stereocenters. The molecule has 0 saturated carbocycles. The second-order valence-electron chi connectivity index (χ2n) is 7.86. The molecular formula is C24H19F3N4O4S. The molecule has 0 spiro atoms. The number of alkyl halides is 3. The fourth-order valence-electron chi connectivity index (χ4n) is 3.40. The van der Waals surface area contributed by atoms with Gasteiger partial charge >= 0.3 is 12.1 Å². The molecule has 2 heterocycles. The van der Waals surface area contributed by atoms with Crippen molar-refractivity contribution in [1.82, 2.24) is 15.0 Å². The maximum absolute atomic E-state index is 13.0. The minimum absolute atomic E-state index is 0.0522. The topological polar surface area (TPSA) is 128 Å². The first-order valence-corrected chi connectivity index (χ1v) is 11.3. The maximum atomic E-state index is 13.0. The van der Waals surface area contributed by atoms with E-state index in [1.54, 1.807) is 12.1 Å². The molecule has 0 fully saturated rings. The van der Waals surface area contributed by atoms with Gasteiger partial charge in [0.2, 0.25) is 5.95 Å². The summed E-state index contributed by atoms with van der Waals surface area (Å²) < 4.78 is 38.9. The minimum Gasteiger partial charge on any atom is -0.478 e. The van der Waals surface area contributed by atoms with Crippen LogP contribution in [0.4, 0.5) is 24.8 Å². The van der Waals surface area contributed by atoms with Crippen LogP contribution in [-0.4, -0.2) is 36.2 Å². The maximum Gasteiger partial charge on any atom is 0.433 e. The van der Waals surface area contributed by atoms with E-state index in [-0.39, 0.29) is 16.5 Å². The molecule has 36 heavy (non-hydrogen) atoms. The molecule has 2 aromatic carbocycles. The number of hydrogen-bond acceptors (Lipinski definition) is 8. The third-order valence-corrected chi connectivity index (χ3v) is 6.26. The summed E-state index contributed by atoms with van der Waals surface area (Å²) in [7, 11) is 0. The number of thiazole rings is 1. The zero-order valence-electron chi connectivity index (χ0n) is 18.6. The molecule has 0 aliphatic carbocycles. The first kappa shape index (κ1) is 25.2. The molecule has 4 aromatic rings. The van der Waals surface area contributed by atoms with Crippen molar-refractivity contribution < 1.29 is 33.3 Å². The second kappa shape index (κ2) is 10.0. The molecule has 0 amide bonds. The van der Waals surface area contributed by atoms with E-state index in [9.17, 15) is 28.2 Å². The third kappa shape index (κ3) is 5.67. The van der Waals surface area contributed by atoms with Gasteiger partial charge in [0.05, 0.1) is 10.4 Å². The highest BCUT2D eigenvalue weighted by atomic mass is 32.1. The summed E-state index contributed by atoms with van der Waals surface area (Å²) in [5, 5.41) is 33.2. The summed E-state index contributed by atoms with van der Waals surface area (Å²) in [6.07, 6.45) is -4.76. The average molecular weight is 517 g/mol. The predicted molar refractivity (Wildman–Crippen MR) is 126 cm³/mol. The Hall–Kier alpha value is -3.87. The number of anilines is 2. The van der Waals surface area contributed by atoms with Crippen molar-refractivity contribution in [3.63, 3.8) is 0 Å². The smallest absolute Gasteiger partial charge is 0.433 e. The van der Waals surface area contributed by atoms with Gasteiger partial charge in [-0.3, -0.25) is 0 Å². The highest BCUT2D eigenvalue weighted by Gasteiger charge is 2.32. The van der Waals surface area contributed by atoms with Crippen molar-refractivity contribution in [3.05, 3.63) is 88.3 Å². The lowest BCUT2D eigenvalue weighted by molar-refractivity contribution is -0.141. The number of aliphatic hydroxyl groups excluding tert-OH is 2. The number of carboxylic acid groups (broad SMARTS) is 1. The number of nitrogens with one attached hydrogen (secondary N) is 1. The summed E-state index contributed by atoms with van der Waals surface area (Å²) in [5.41, 5.74) is 1.25. The van der Waals surface area contributed by atoms with Crippen molar-refractivity contribution in [1.29, 1.82) is 0 Å². The fourth-order valence-corrected chi connectivity index (χ4v) is 4.32. The van der Waals surface area contributed by atoms with E-state index in [4.69, 9.17) is 5.11 Å². The van der Waals surface area contributed by atoms with Crippen LogP contribution in [0.5, 0.6) is 0 Å². The quantitative estimate of drug-likeness (QED) is 0.266. The highest BCUT2D eigenvalue weighted by molar-refractivity contribution is 7.15. The van der Waals surface area contributed by atoms with E-state index in [2.05, 4.69) is 20.3 Å². The molecule has 12 heteroatoms. The van der Waals surface area contributed by atoms with Crippen LogP contribution in [0.15, 0.2) is 60.9 Å². The Bertz CT molecular complexity index is 1390. The van der Waals surface area contributed by atoms with Crippen molar-refractivity contribution in [2.45, 2.75) is 25.3 Å². The zero-order chi connectivity index (χ0) is 26.0. The molecule has 8 nitrogen and oxygen atoms in total. The lowest BCUT2D eigenvalue weighted by Crippen LogP contribution is -2.10. The summed E-state index contributed by atoms with van der Waals surface area (Å²) in [4.78, 5) is 23.2. The van der Waals surface area contributed by atoms with Gasteiger partial charge in [-0.05, 0) is 53.9 Å². The molecule has 186 valence electrons. The van der Waals surface area contributed by atoms with Gasteiger partial charge < -0.3 is 20.6 Å². The third-order valence-electron chi connectivity index (χ3n) is 5.14. The molecule has 0 aliphatic heterocycles. The average Bonchev–Trinajstić information content (AvgIpc) is 3.33. The molecule has 0 aliphatic rings. The van der Waals surface area contributed by atoms with E-state index in [0.717, 1.165) is 29.2 Å². The predicted octanol–water partition coefficient (Wildman–Crippen LogP) is 5.14. The van der Waals surface area contributed by atoms with Gasteiger partial charge in [0.25, 0.3) is 0 Å². The number of aliphatic hydroxyl groups is 2. The molecule has 4 N–H and O–H groups in total. The number of aryl methyl sites for hydroxylation is 1. The summed E-state index contributed by atoms with van der Waals surface area (Å²) in [6.45, 7) is 1.81. The largest absolute Gasteiger partial charge is 0.478 e. The standard InChI is InChI=1S/C24H19F3N4O4S/c1-12-8-15(10-16(9-12)30-23-28-7-6-18(31-23)24(25,26)27)17-11-29-21(36-17)20(33)19(32)13-2-4-14(5-3-13)22(34)35/h2-11,19-20,32-33H,1H3,(H,34,35)(H,28,30,31)/t19-,20+/m1/s1. The summed E-state index contributed by atoms with van der Waals surface area (Å²) in [5.74, 6) is -1.31. The van der Waals surface area contributed by atoms with Crippen LogP contribution >= 0.6 is 11.3 Å². The molecule has 0 radical (unpaired) electrons. The van der Waals surface area contributed by atoms with E-state index >= 15 is 0 Å². The number of hydrogen-bond donors (Lipinski definition) is 4. The molecule has 0 unspecified atom stereocenters. The Morgan fingerprint density at radius 1 is 1.03 bits per heavy atom. The highest BCUT2D eigenvalue weighted by Crippen LogP contribution is 2.36. The summed E-state index contributed by atoms with van der Waals surface area (Å²) in [6, 6.07) is 11.5. The van der Waals surface area contributed by atoms with Crippen LogP contribution in [0.3, 0.4) is 0 Å². The SMILES string of the molecule is Cc1cc(Nc2nccc(C(F)(F)F)n2)cc(-c2cnc([C@@H](O)[C@H](O)c3ccc(C(=O)O)cc3)s2)c1. The van der Waals surface area contributed by atoms with Gasteiger partial charge in [-0.15, -0.1) is 11.3 Å². The van der Waals surface area contributed by atoms with Crippen LogP contribution in [-0.2, 0) is 6.18 Å². The van der Waals surface area contributed by atoms with Gasteiger partial charge in [-0.25, -0.2) is 19.7 Å². The van der Waals surface area contributed by atoms with Crippen molar-refractivity contribution in [2.75, 3.05) is 5.32 Å². The van der Waals surface area contributed by atoms with Crippen LogP contribution in [0.2, 0.25) is 0 Å². The van der Waals surface area contributed by atoms with Crippen LogP contribution in [0.25, 0.3) is 10.4 Å². The zero-order valence-corrected chi connectivity index (χ0v) is 19.4. The number of aromatic carboxylic acids is 1. The number of carboxylic acids is 1. The first-order chi connectivity index (χ1) is 17.0. The molecular weight excluding hydrogens is 497 g/mol. The Labute approximate surface area is 206 Å². The molecule has 0 saturated heterocycles. The molecule has 4 rings (SSSR count). The van der Waals surface area contributed by atoms with Crippen molar-refractivity contribution in [2.24, 2.45) is 0 Å². The lowest BCUT2D eigenvalue weighted by Gasteiger charge is -2.16. The number of halogens is 3. The first-order valence-electron chi connectivity index (χ1n) is 10.5. The fraction of sp³-hybridized carbons (Fsp3) is 0.167. The Balaban J connectivity index is 1.55. The Morgan fingerprint density at radius 2 is 1.75 bits per heavy atom. The van der Waals surface area contributed by atoms with Gasteiger partial charge in [0.15, 0.2) is 0 Å². The summed E-state index contributed by atoms with van der Waals surface area (Å²) >= 11 is 1.13. The van der Waals surface area contributed by atoms with E-state index < -0.39 is 30.0 Å². The van der Waals surface area contributed by atoms with Crippen LogP contribution in [0, 0.1) is 6.92 Å². The number of carbonyl (C=O) groups is 1. The van der Waals surface area contributed by atoms with E-state index in [1.165, 1.54) is 30.5 Å². The minimum atomic E-state index is -4.60. The molecule has 2 aromatic heterocycles. The Morgan fingerprint density at radius 3 is 2.42 bits per heavy atom. The molecule has 0 bridgehead atoms. The lowest BCUT2D eigenvalue weighted by atomic mass is 10.0. The van der Waals surface area contributed by atoms with E-state index in [0.29, 0.717) is 21.7 Å². The second-order valence-corrected chi connectivity index (χ2v) is 8.92.